The summed E-state index contributed by atoms with van der Waals surface area (Å²) >= 11 is 0. The lowest BCUT2D eigenvalue weighted by Gasteiger charge is -2.66. The van der Waals surface area contributed by atoms with Crippen LogP contribution in [-0.4, -0.2) is 57.4 Å². The van der Waals surface area contributed by atoms with E-state index in [2.05, 4.69) is 10.2 Å². The third kappa shape index (κ3) is 2.69. The number of nitro groups is 1. The number of nitrogens with zero attached hydrogens (tertiary/aromatic N) is 2. The molecule has 2 aromatic carbocycles. The van der Waals surface area contributed by atoms with E-state index in [-0.39, 0.29) is 35.6 Å². The Kier molecular flexibility index (Phi) is 4.67. The number of phenols is 1. The van der Waals surface area contributed by atoms with Gasteiger partial charge in [-0.25, -0.2) is 0 Å². The number of phenolic OH excluding ortho intramolecular Hbond substituents is 1. The van der Waals surface area contributed by atoms with Crippen molar-refractivity contribution in [1.82, 2.24) is 10.2 Å². The molecule has 9 heteroatoms. The molecule has 9 nitrogen and oxygen atoms in total. The van der Waals surface area contributed by atoms with E-state index in [1.807, 2.05) is 20.0 Å². The maximum atomic E-state index is 13.5. The highest BCUT2D eigenvalue weighted by molar-refractivity contribution is 5.97. The fourth-order valence-corrected chi connectivity index (χ4v) is 7.43. The number of hydrogen-bond donors (Lipinski definition) is 2. The number of amides is 1. The summed E-state index contributed by atoms with van der Waals surface area (Å²) in [6.07, 6.45) is 5.08. The van der Waals surface area contributed by atoms with Gasteiger partial charge in [-0.05, 0) is 75.2 Å². The van der Waals surface area contributed by atoms with Crippen molar-refractivity contribution in [1.29, 1.82) is 0 Å². The molecule has 2 aromatic rings. The zero-order valence-electron chi connectivity index (χ0n) is 20.1. The van der Waals surface area contributed by atoms with E-state index >= 15 is 0 Å². The largest absolute Gasteiger partial charge is 0.504 e. The zero-order valence-corrected chi connectivity index (χ0v) is 20.1. The average molecular weight is 490 g/mol. The Balaban J connectivity index is 1.43. The molecule has 2 aliphatic heterocycles. The van der Waals surface area contributed by atoms with Crippen LogP contribution < -0.4 is 10.1 Å². The van der Waals surface area contributed by atoms with Crippen LogP contribution in [0.15, 0.2) is 42.5 Å². The van der Waals surface area contributed by atoms with Crippen molar-refractivity contribution in [3.8, 4) is 11.5 Å². The van der Waals surface area contributed by atoms with Crippen molar-refractivity contribution < 1.29 is 24.4 Å². The first-order valence-corrected chi connectivity index (χ1v) is 12.2. The number of likely N-dealkylation sites (tertiary alicyclic amines) is 1. The van der Waals surface area contributed by atoms with Gasteiger partial charge < -0.3 is 20.1 Å². The predicted molar refractivity (Wildman–Crippen MR) is 131 cm³/mol. The number of nitrogens with one attached hydrogen (secondary N) is 1. The normalized spacial score (nSPS) is 32.2. The van der Waals surface area contributed by atoms with E-state index in [9.17, 15) is 24.8 Å². The second kappa shape index (κ2) is 7.39. The van der Waals surface area contributed by atoms with Crippen LogP contribution in [0.25, 0.3) is 6.08 Å². The molecule has 1 saturated carbocycles. The second-order valence-corrected chi connectivity index (χ2v) is 10.5. The number of ether oxygens (including phenoxy) is 1. The molecule has 36 heavy (non-hydrogen) atoms. The molecule has 1 amide bonds. The van der Waals surface area contributed by atoms with Gasteiger partial charge in [0.15, 0.2) is 22.9 Å². The molecule has 2 fully saturated rings. The maximum absolute atomic E-state index is 13.5. The lowest BCUT2D eigenvalue weighted by Crippen LogP contribution is -2.84. The molecule has 2 N–H and O–H groups in total. The summed E-state index contributed by atoms with van der Waals surface area (Å²) in [5, 5.41) is 25.0. The Hall–Kier alpha value is -3.72. The highest BCUT2D eigenvalue weighted by atomic mass is 16.6. The van der Waals surface area contributed by atoms with Crippen molar-refractivity contribution in [3.63, 3.8) is 0 Å². The minimum absolute atomic E-state index is 0.0134. The summed E-state index contributed by atoms with van der Waals surface area (Å²) in [7, 11) is 2.05. The lowest BCUT2D eigenvalue weighted by molar-refractivity contribution is -0.384. The summed E-state index contributed by atoms with van der Waals surface area (Å²) in [6, 6.07) is 9.47. The van der Waals surface area contributed by atoms with Crippen molar-refractivity contribution in [2.24, 2.45) is 0 Å². The van der Waals surface area contributed by atoms with Crippen molar-refractivity contribution in [3.05, 3.63) is 69.3 Å². The van der Waals surface area contributed by atoms with Gasteiger partial charge in [0.2, 0.25) is 5.91 Å². The summed E-state index contributed by atoms with van der Waals surface area (Å²) in [4.78, 5) is 39.6. The van der Waals surface area contributed by atoms with Crippen LogP contribution in [0.5, 0.6) is 11.5 Å². The Morgan fingerprint density at radius 2 is 2.00 bits per heavy atom. The monoisotopic (exact) mass is 489 g/mol. The Morgan fingerprint density at radius 1 is 1.25 bits per heavy atom. The molecular weight excluding hydrogens is 462 g/mol. The van der Waals surface area contributed by atoms with E-state index in [4.69, 9.17) is 4.74 Å². The number of piperidine rings is 1. The number of carbonyl (C=O) groups excluding carboxylic acids is 2. The first kappa shape index (κ1) is 22.7. The van der Waals surface area contributed by atoms with Gasteiger partial charge in [-0.3, -0.25) is 19.7 Å². The third-order valence-electron chi connectivity index (χ3n) is 9.04. The lowest BCUT2D eigenvalue weighted by atomic mass is 9.43. The number of nitro benzene ring substituents is 1. The molecule has 2 bridgehead atoms. The molecule has 4 atom stereocenters. The highest BCUT2D eigenvalue weighted by Crippen LogP contribution is 2.68. The number of hydrogen-bond acceptors (Lipinski definition) is 7. The Morgan fingerprint density at radius 3 is 2.72 bits per heavy atom. The average Bonchev–Trinajstić information content (AvgIpc) is 3.14. The van der Waals surface area contributed by atoms with Gasteiger partial charge in [-0.1, -0.05) is 6.07 Å². The Bertz CT molecular complexity index is 1350. The van der Waals surface area contributed by atoms with Gasteiger partial charge in [-0.15, -0.1) is 0 Å². The van der Waals surface area contributed by atoms with E-state index in [0.29, 0.717) is 30.6 Å². The van der Waals surface area contributed by atoms with Crippen LogP contribution in [0.2, 0.25) is 0 Å². The minimum Gasteiger partial charge on any atom is -0.504 e. The molecule has 0 radical (unpaired) electrons. The van der Waals surface area contributed by atoms with Gasteiger partial charge in [0.05, 0.1) is 15.9 Å². The van der Waals surface area contributed by atoms with Crippen LogP contribution in [-0.2, 0) is 21.4 Å². The van der Waals surface area contributed by atoms with Gasteiger partial charge in [0.25, 0.3) is 5.69 Å². The third-order valence-corrected chi connectivity index (χ3v) is 9.04. The number of rotatable bonds is 4. The number of benzene rings is 2. The molecule has 6 rings (SSSR count). The van der Waals surface area contributed by atoms with Crippen LogP contribution in [0, 0.1) is 10.1 Å². The van der Waals surface area contributed by atoms with E-state index in [1.165, 1.54) is 18.2 Å². The van der Waals surface area contributed by atoms with Crippen molar-refractivity contribution in [2.45, 2.75) is 55.2 Å². The summed E-state index contributed by atoms with van der Waals surface area (Å²) in [5.74, 6) is 0.0675. The van der Waals surface area contributed by atoms with Crippen LogP contribution >= 0.6 is 0 Å². The Labute approximate surface area is 207 Å². The minimum atomic E-state index is -1.20. The van der Waals surface area contributed by atoms with E-state index in [0.717, 1.165) is 17.7 Å². The zero-order chi connectivity index (χ0) is 25.5. The summed E-state index contributed by atoms with van der Waals surface area (Å²) in [6.45, 7) is 2.56. The predicted octanol–water partition coefficient (Wildman–Crippen LogP) is 2.88. The van der Waals surface area contributed by atoms with Crippen molar-refractivity contribution in [2.75, 3.05) is 13.6 Å². The van der Waals surface area contributed by atoms with Gasteiger partial charge in [0, 0.05) is 36.2 Å². The SMILES string of the molecule is CN1CC[C@]23c4c5ccc(O)c4O[C@@]2(C)C(=O)CC[C@@]3(NC(=O)C=Cc2ccc([N+](=O)[O-])cc2)C1C5. The molecule has 0 aromatic heterocycles. The number of ketones is 1. The fraction of sp³-hybridized carbons (Fsp3) is 0.407. The molecule has 4 aliphatic rings. The van der Waals surface area contributed by atoms with Crippen LogP contribution in [0.1, 0.15) is 42.9 Å². The number of Topliss-reactive ketones (excluding diaryl/α,β-unsaturated/α-hetero) is 1. The molecule has 2 heterocycles. The first-order valence-electron chi connectivity index (χ1n) is 12.2. The van der Waals surface area contributed by atoms with Crippen molar-refractivity contribution >= 4 is 23.5 Å². The van der Waals surface area contributed by atoms with Gasteiger partial charge >= 0.3 is 0 Å². The number of likely N-dealkylation sites (N-methyl/N-ethyl adjacent to an activating group) is 1. The first-order chi connectivity index (χ1) is 17.1. The quantitative estimate of drug-likeness (QED) is 0.385. The second-order valence-electron chi connectivity index (χ2n) is 10.5. The van der Waals surface area contributed by atoms with Crippen LogP contribution in [0.3, 0.4) is 0 Å². The summed E-state index contributed by atoms with van der Waals surface area (Å²) < 4.78 is 6.37. The van der Waals surface area contributed by atoms with Gasteiger partial charge in [-0.2, -0.15) is 0 Å². The smallest absolute Gasteiger partial charge is 0.269 e. The number of aromatic hydroxyl groups is 1. The number of carbonyl (C=O) groups is 2. The molecule has 2 aliphatic carbocycles. The van der Waals surface area contributed by atoms with E-state index in [1.54, 1.807) is 24.3 Å². The fourth-order valence-electron chi connectivity index (χ4n) is 7.43. The highest BCUT2D eigenvalue weighted by Gasteiger charge is 2.78. The molecular formula is C27H27N3O6. The van der Waals surface area contributed by atoms with Crippen LogP contribution in [0.4, 0.5) is 5.69 Å². The standard InChI is InChI=1S/C27H27N3O6/c1-25-21(32)11-12-27(28-22(33)10-5-16-3-7-18(8-4-16)30(34)35)20-15-17-6-9-19(31)24(36-25)23(17)26(25,27)13-14-29(20)2/h3-10,20,31H,11-15H2,1-2H3,(H,28,33)/t20?,25-,26-,27+/m0/s1. The maximum Gasteiger partial charge on any atom is 0.269 e. The van der Waals surface area contributed by atoms with Gasteiger partial charge in [0.1, 0.15) is 0 Å². The number of non-ortho nitro benzene ring substituents is 1. The van der Waals surface area contributed by atoms with E-state index < -0.39 is 21.5 Å². The molecule has 186 valence electrons. The summed E-state index contributed by atoms with van der Waals surface area (Å²) in [5.41, 5.74) is -0.214. The molecule has 1 saturated heterocycles. The molecule has 1 unspecified atom stereocenters. The topological polar surface area (TPSA) is 122 Å². The molecule has 1 spiro atoms.